The minimum Gasteiger partial charge on any atom is -0.349 e. The van der Waals surface area contributed by atoms with Crippen LogP contribution in [0.1, 0.15) is 48.0 Å². The summed E-state index contributed by atoms with van der Waals surface area (Å²) in [6.45, 7) is 0.855. The average molecular weight is 387 g/mol. The number of hydrogen-bond acceptors (Lipinski definition) is 2. The zero-order valence-electron chi connectivity index (χ0n) is 15.2. The zero-order chi connectivity index (χ0) is 18.8. The molecule has 0 saturated carbocycles. The monoisotopic (exact) mass is 386 g/mol. The van der Waals surface area contributed by atoms with Crippen LogP contribution in [0.4, 0.5) is 4.39 Å². The van der Waals surface area contributed by atoms with Crippen molar-refractivity contribution in [2.24, 2.45) is 0 Å². The Morgan fingerprint density at radius 3 is 2.30 bits per heavy atom. The molecule has 2 fully saturated rings. The van der Waals surface area contributed by atoms with Crippen molar-refractivity contribution in [3.63, 3.8) is 0 Å². The third-order valence-electron chi connectivity index (χ3n) is 5.85. The molecule has 4 rings (SSSR count). The van der Waals surface area contributed by atoms with Crippen molar-refractivity contribution >= 4 is 17.5 Å². The summed E-state index contributed by atoms with van der Waals surface area (Å²) in [5.41, 5.74) is 1.80. The van der Waals surface area contributed by atoms with Crippen molar-refractivity contribution in [1.29, 1.82) is 0 Å². The summed E-state index contributed by atoms with van der Waals surface area (Å²) in [7, 11) is 0. The van der Waals surface area contributed by atoms with Crippen molar-refractivity contribution < 1.29 is 9.18 Å². The smallest absolute Gasteiger partial charge is 0.251 e. The number of carbonyl (C=O) groups is 1. The largest absolute Gasteiger partial charge is 0.349 e. The highest BCUT2D eigenvalue weighted by Gasteiger charge is 2.38. The summed E-state index contributed by atoms with van der Waals surface area (Å²) in [5, 5.41) is 3.85. The van der Waals surface area contributed by atoms with Crippen LogP contribution < -0.4 is 5.32 Å². The number of rotatable bonds is 4. The molecule has 0 spiro atoms. The van der Waals surface area contributed by atoms with E-state index in [4.69, 9.17) is 11.6 Å². The van der Waals surface area contributed by atoms with Gasteiger partial charge in [0.2, 0.25) is 0 Å². The molecule has 0 radical (unpaired) electrons. The Labute approximate surface area is 164 Å². The van der Waals surface area contributed by atoms with Gasteiger partial charge in [0.25, 0.3) is 5.91 Å². The van der Waals surface area contributed by atoms with E-state index in [0.29, 0.717) is 22.7 Å². The van der Waals surface area contributed by atoms with E-state index < -0.39 is 0 Å². The van der Waals surface area contributed by atoms with Crippen molar-refractivity contribution in [1.82, 2.24) is 10.2 Å². The molecule has 0 aromatic heterocycles. The molecule has 2 atom stereocenters. The van der Waals surface area contributed by atoms with Crippen LogP contribution in [0.25, 0.3) is 0 Å². The summed E-state index contributed by atoms with van der Waals surface area (Å²) in [4.78, 5) is 15.1. The SMILES string of the molecule is O=C(NC1CC2CCCC(C1)N2Cc1ccc(F)cc1)c1ccc(Cl)cc1. The molecule has 1 amide bonds. The Balaban J connectivity index is 1.40. The summed E-state index contributed by atoms with van der Waals surface area (Å²) in [6, 6.07) is 15.0. The van der Waals surface area contributed by atoms with Gasteiger partial charge < -0.3 is 5.32 Å². The van der Waals surface area contributed by atoms with E-state index in [0.717, 1.165) is 37.8 Å². The number of fused-ring (bicyclic) bond motifs is 2. The van der Waals surface area contributed by atoms with E-state index in [1.807, 2.05) is 12.1 Å². The Morgan fingerprint density at radius 2 is 1.67 bits per heavy atom. The van der Waals surface area contributed by atoms with Gasteiger partial charge in [0.1, 0.15) is 5.82 Å². The van der Waals surface area contributed by atoms with Crippen molar-refractivity contribution in [3.8, 4) is 0 Å². The van der Waals surface area contributed by atoms with E-state index in [9.17, 15) is 9.18 Å². The minimum absolute atomic E-state index is 0.0262. The second-order valence-electron chi connectivity index (χ2n) is 7.69. The predicted octanol–water partition coefficient (Wildman–Crippen LogP) is 4.79. The minimum atomic E-state index is -0.192. The summed E-state index contributed by atoms with van der Waals surface area (Å²) in [5.74, 6) is -0.218. The van der Waals surface area contributed by atoms with E-state index in [1.54, 1.807) is 24.3 Å². The maximum Gasteiger partial charge on any atom is 0.251 e. The molecule has 2 unspecified atom stereocenters. The van der Waals surface area contributed by atoms with Crippen LogP contribution in [-0.2, 0) is 6.54 Å². The lowest BCUT2D eigenvalue weighted by molar-refractivity contribution is 0.0177. The number of nitrogens with zero attached hydrogens (tertiary/aromatic N) is 1. The average Bonchev–Trinajstić information content (AvgIpc) is 2.64. The maximum atomic E-state index is 13.2. The molecule has 2 bridgehead atoms. The number of benzene rings is 2. The Morgan fingerprint density at radius 1 is 1.04 bits per heavy atom. The van der Waals surface area contributed by atoms with Gasteiger partial charge in [0.05, 0.1) is 0 Å². The van der Waals surface area contributed by atoms with Gasteiger partial charge in [-0.05, 0) is 67.6 Å². The van der Waals surface area contributed by atoms with E-state index in [1.165, 1.54) is 18.6 Å². The maximum absolute atomic E-state index is 13.2. The van der Waals surface area contributed by atoms with Crippen molar-refractivity contribution in [2.75, 3.05) is 0 Å². The predicted molar refractivity (Wildman–Crippen MR) is 105 cm³/mol. The fourth-order valence-corrected chi connectivity index (χ4v) is 4.65. The van der Waals surface area contributed by atoms with Crippen LogP contribution in [-0.4, -0.2) is 28.9 Å². The van der Waals surface area contributed by atoms with Gasteiger partial charge in [0, 0.05) is 35.3 Å². The first kappa shape index (κ1) is 18.5. The highest BCUT2D eigenvalue weighted by molar-refractivity contribution is 6.30. The fourth-order valence-electron chi connectivity index (χ4n) is 4.53. The topological polar surface area (TPSA) is 32.3 Å². The number of nitrogens with one attached hydrogen (secondary N) is 1. The number of amides is 1. The first-order valence-electron chi connectivity index (χ1n) is 9.65. The fraction of sp³-hybridized carbons (Fsp3) is 0.409. The molecule has 3 nitrogen and oxygen atoms in total. The molecule has 2 aliphatic rings. The molecule has 27 heavy (non-hydrogen) atoms. The standard InChI is InChI=1S/C22H24ClFN2O/c23-17-8-6-16(7-9-17)22(27)25-19-12-20-2-1-3-21(13-19)26(20)14-15-4-10-18(24)11-5-15/h4-11,19-21H,1-3,12-14H2,(H,25,27). The quantitative estimate of drug-likeness (QED) is 0.818. The second kappa shape index (κ2) is 7.99. The molecule has 2 aliphatic heterocycles. The molecular formula is C22H24ClFN2O. The molecule has 142 valence electrons. The van der Waals surface area contributed by atoms with Gasteiger partial charge in [0.15, 0.2) is 0 Å². The Kier molecular flexibility index (Phi) is 5.46. The molecule has 5 heteroatoms. The van der Waals surface area contributed by atoms with Gasteiger partial charge in [-0.3, -0.25) is 9.69 Å². The molecule has 0 aliphatic carbocycles. The van der Waals surface area contributed by atoms with Gasteiger partial charge in [-0.25, -0.2) is 4.39 Å². The first-order valence-corrected chi connectivity index (χ1v) is 10.0. The Bertz CT molecular complexity index is 779. The second-order valence-corrected chi connectivity index (χ2v) is 8.12. The summed E-state index contributed by atoms with van der Waals surface area (Å²) < 4.78 is 13.2. The lowest BCUT2D eigenvalue weighted by Gasteiger charge is -2.49. The lowest BCUT2D eigenvalue weighted by atomic mass is 9.81. The molecule has 2 saturated heterocycles. The molecule has 2 heterocycles. The molecule has 2 aromatic rings. The Hall–Kier alpha value is -1.91. The number of piperidine rings is 2. The van der Waals surface area contributed by atoms with Crippen LogP contribution in [0, 0.1) is 5.82 Å². The first-order chi connectivity index (χ1) is 13.1. The van der Waals surface area contributed by atoms with Crippen LogP contribution in [0.15, 0.2) is 48.5 Å². The van der Waals surface area contributed by atoms with Crippen molar-refractivity contribution in [2.45, 2.75) is 56.8 Å². The lowest BCUT2D eigenvalue weighted by Crippen LogP contribution is -2.56. The normalized spacial score (nSPS) is 25.2. The summed E-state index contributed by atoms with van der Waals surface area (Å²) in [6.07, 6.45) is 5.50. The van der Waals surface area contributed by atoms with Crippen LogP contribution in [0.3, 0.4) is 0 Å². The number of hydrogen-bond donors (Lipinski definition) is 1. The molecular weight excluding hydrogens is 363 g/mol. The van der Waals surface area contributed by atoms with E-state index in [2.05, 4.69) is 10.2 Å². The molecule has 2 aromatic carbocycles. The highest BCUT2D eigenvalue weighted by Crippen LogP contribution is 2.35. The molecule has 1 N–H and O–H groups in total. The van der Waals surface area contributed by atoms with E-state index in [-0.39, 0.29) is 17.8 Å². The van der Waals surface area contributed by atoms with E-state index >= 15 is 0 Å². The third kappa shape index (κ3) is 4.33. The number of halogens is 2. The van der Waals surface area contributed by atoms with Crippen LogP contribution in [0.2, 0.25) is 5.02 Å². The van der Waals surface area contributed by atoms with Gasteiger partial charge >= 0.3 is 0 Å². The van der Waals surface area contributed by atoms with Crippen LogP contribution >= 0.6 is 11.6 Å². The van der Waals surface area contributed by atoms with Crippen molar-refractivity contribution in [3.05, 3.63) is 70.5 Å². The third-order valence-corrected chi connectivity index (χ3v) is 6.10. The van der Waals surface area contributed by atoms with Crippen LogP contribution in [0.5, 0.6) is 0 Å². The number of carbonyl (C=O) groups excluding carboxylic acids is 1. The van der Waals surface area contributed by atoms with Gasteiger partial charge in [-0.15, -0.1) is 0 Å². The van der Waals surface area contributed by atoms with Gasteiger partial charge in [-0.1, -0.05) is 30.2 Å². The summed E-state index contributed by atoms with van der Waals surface area (Å²) >= 11 is 5.91. The zero-order valence-corrected chi connectivity index (χ0v) is 16.0. The highest BCUT2D eigenvalue weighted by atomic mass is 35.5. The van der Waals surface area contributed by atoms with Gasteiger partial charge in [-0.2, -0.15) is 0 Å².